The molecule has 0 aliphatic heterocycles. The molecule has 3 aromatic carbocycles. The van der Waals surface area contributed by atoms with E-state index in [0.29, 0.717) is 0 Å². The molecule has 1 aromatic heterocycles. The molecule has 2 heteroatoms. The fourth-order valence-corrected chi connectivity index (χ4v) is 3.57. The van der Waals surface area contributed by atoms with Crippen molar-refractivity contribution in [3.05, 3.63) is 84.3 Å². The largest absolute Gasteiger partial charge is 0.473 e. The smallest absolute Gasteiger partial charge is 0.0902 e. The predicted molar refractivity (Wildman–Crippen MR) is 112 cm³/mol. The number of hydrogen-bond acceptors (Lipinski definition) is 2. The highest BCUT2D eigenvalue weighted by molar-refractivity contribution is 6.08. The Morgan fingerprint density at radius 1 is 0.692 bits per heavy atom. The Morgan fingerprint density at radius 3 is 2.12 bits per heavy atom. The summed E-state index contributed by atoms with van der Waals surface area (Å²) in [4.78, 5) is 0. The minimum absolute atomic E-state index is 1.25. The van der Waals surface area contributed by atoms with E-state index in [9.17, 15) is 0 Å². The molecule has 1 aliphatic rings. The van der Waals surface area contributed by atoms with Crippen molar-refractivity contribution in [3.63, 3.8) is 0 Å². The number of nitrogens with one attached hydrogen (secondary N) is 1. The van der Waals surface area contributed by atoms with E-state index in [4.69, 9.17) is 0 Å². The molecule has 0 bridgehead atoms. The zero-order valence-corrected chi connectivity index (χ0v) is 15.7. The summed E-state index contributed by atoms with van der Waals surface area (Å²) >= 11 is 0. The van der Waals surface area contributed by atoms with Crippen LogP contribution in [0.5, 0.6) is 0 Å². The van der Waals surface area contributed by atoms with Gasteiger partial charge in [0.25, 0.3) is 0 Å². The van der Waals surface area contributed by atoms with Gasteiger partial charge in [0.2, 0.25) is 0 Å². The first-order valence-electron chi connectivity index (χ1n) is 9.33. The first-order chi connectivity index (χ1) is 12.8. The summed E-state index contributed by atoms with van der Waals surface area (Å²) in [6, 6.07) is 21.6. The number of furan rings is 1. The second kappa shape index (κ2) is 9.21. The Labute approximate surface area is 155 Å². The van der Waals surface area contributed by atoms with E-state index in [-0.39, 0.29) is 0 Å². The number of rotatable bonds is 0. The fraction of sp³-hybridized carbons (Fsp3) is 0.250. The average Bonchev–Trinajstić information content (AvgIpc) is 3.28. The third kappa shape index (κ3) is 4.14. The maximum Gasteiger partial charge on any atom is 0.0902 e. The van der Waals surface area contributed by atoms with Crippen molar-refractivity contribution in [1.29, 1.82) is 0 Å². The van der Waals surface area contributed by atoms with Crippen LogP contribution in [0.25, 0.3) is 21.5 Å². The van der Waals surface area contributed by atoms with Gasteiger partial charge in [-0.05, 0) is 84.6 Å². The van der Waals surface area contributed by atoms with Crippen LogP contribution in [-0.2, 0) is 12.8 Å². The molecule has 5 rings (SSSR count). The highest BCUT2D eigenvalue weighted by atomic mass is 16.3. The van der Waals surface area contributed by atoms with Gasteiger partial charge in [-0.25, -0.2) is 0 Å². The monoisotopic (exact) mass is 345 g/mol. The molecule has 0 fully saturated rings. The molecular weight excluding hydrogens is 318 g/mol. The Bertz CT molecular complexity index is 924. The quantitative estimate of drug-likeness (QED) is 0.396. The van der Waals surface area contributed by atoms with Crippen molar-refractivity contribution >= 4 is 21.5 Å². The SMILES string of the molecule is CNC.c1ccc2c(c1)ccc1c3c(ccc12)CCCC3.c1ccoc1. The number of aryl methyl sites for hydroxylation is 2. The standard InChI is InChI=1S/C18H16.C4H4O.C2H7N/c1-3-7-15-13(5-1)9-11-18-16-8-4-2-6-14(16)10-12-17(15)18;1-2-4-5-3-1;1-3-2/h1,3,5,7,9-12H,2,4,6,8H2;1-4H;3H,1-2H3. The van der Waals surface area contributed by atoms with Crippen molar-refractivity contribution in [2.45, 2.75) is 25.7 Å². The van der Waals surface area contributed by atoms with Crippen LogP contribution in [0.2, 0.25) is 0 Å². The first kappa shape index (κ1) is 18.2. The van der Waals surface area contributed by atoms with Gasteiger partial charge in [0.1, 0.15) is 0 Å². The molecule has 1 heterocycles. The Hall–Kier alpha value is -2.58. The summed E-state index contributed by atoms with van der Waals surface area (Å²) in [5.74, 6) is 0. The van der Waals surface area contributed by atoms with Gasteiger partial charge < -0.3 is 9.73 Å². The molecule has 0 saturated heterocycles. The highest BCUT2D eigenvalue weighted by Gasteiger charge is 2.13. The van der Waals surface area contributed by atoms with Gasteiger partial charge in [-0.1, -0.05) is 48.5 Å². The lowest BCUT2D eigenvalue weighted by molar-refractivity contribution is 0.567. The fourth-order valence-electron chi connectivity index (χ4n) is 3.57. The van der Waals surface area contributed by atoms with Gasteiger partial charge in [0.05, 0.1) is 12.5 Å². The topological polar surface area (TPSA) is 25.2 Å². The molecular formula is C24H27NO. The molecule has 134 valence electrons. The molecule has 0 saturated carbocycles. The van der Waals surface area contributed by atoms with Crippen LogP contribution in [0.3, 0.4) is 0 Å². The lowest BCUT2D eigenvalue weighted by Crippen LogP contribution is -2.02. The number of benzene rings is 3. The van der Waals surface area contributed by atoms with E-state index in [2.05, 4.69) is 58.3 Å². The lowest BCUT2D eigenvalue weighted by Gasteiger charge is -2.18. The minimum atomic E-state index is 1.25. The Balaban J connectivity index is 0.000000207. The number of fused-ring (bicyclic) bond motifs is 5. The summed E-state index contributed by atoms with van der Waals surface area (Å²) < 4.78 is 4.58. The molecule has 1 N–H and O–H groups in total. The molecule has 1 aliphatic carbocycles. The molecule has 4 aromatic rings. The zero-order chi connectivity index (χ0) is 18.2. The second-order valence-corrected chi connectivity index (χ2v) is 6.59. The second-order valence-electron chi connectivity index (χ2n) is 6.59. The summed E-state index contributed by atoms with van der Waals surface area (Å²) in [6.07, 6.45) is 8.47. The van der Waals surface area contributed by atoms with Gasteiger partial charge >= 0.3 is 0 Å². The van der Waals surface area contributed by atoms with E-state index >= 15 is 0 Å². The van der Waals surface area contributed by atoms with Crippen molar-refractivity contribution in [2.24, 2.45) is 0 Å². The van der Waals surface area contributed by atoms with Crippen LogP contribution in [0.15, 0.2) is 77.6 Å². The summed E-state index contributed by atoms with van der Waals surface area (Å²) in [5.41, 5.74) is 3.17. The summed E-state index contributed by atoms with van der Waals surface area (Å²) in [5, 5.41) is 8.39. The van der Waals surface area contributed by atoms with E-state index in [0.717, 1.165) is 0 Å². The van der Waals surface area contributed by atoms with E-state index in [1.807, 2.05) is 26.2 Å². The third-order valence-corrected chi connectivity index (χ3v) is 4.68. The van der Waals surface area contributed by atoms with Gasteiger partial charge in [-0.3, -0.25) is 0 Å². The third-order valence-electron chi connectivity index (χ3n) is 4.68. The molecule has 26 heavy (non-hydrogen) atoms. The van der Waals surface area contributed by atoms with Crippen LogP contribution in [0.4, 0.5) is 0 Å². The summed E-state index contributed by atoms with van der Waals surface area (Å²) in [7, 11) is 3.75. The summed E-state index contributed by atoms with van der Waals surface area (Å²) in [6.45, 7) is 0. The molecule has 0 unspecified atom stereocenters. The van der Waals surface area contributed by atoms with Crippen molar-refractivity contribution in [1.82, 2.24) is 5.32 Å². The van der Waals surface area contributed by atoms with Gasteiger partial charge in [-0.15, -0.1) is 0 Å². The van der Waals surface area contributed by atoms with E-state index in [1.165, 1.54) is 47.2 Å². The van der Waals surface area contributed by atoms with Gasteiger partial charge in [0, 0.05) is 0 Å². The molecule has 2 nitrogen and oxygen atoms in total. The highest BCUT2D eigenvalue weighted by Crippen LogP contribution is 2.33. The van der Waals surface area contributed by atoms with Crippen LogP contribution in [-0.4, -0.2) is 14.1 Å². The van der Waals surface area contributed by atoms with Crippen molar-refractivity contribution in [3.8, 4) is 0 Å². The Kier molecular flexibility index (Phi) is 6.45. The average molecular weight is 345 g/mol. The maximum absolute atomic E-state index is 4.58. The van der Waals surface area contributed by atoms with Crippen LogP contribution in [0.1, 0.15) is 24.0 Å². The first-order valence-corrected chi connectivity index (χ1v) is 9.33. The molecule has 0 amide bonds. The zero-order valence-electron chi connectivity index (χ0n) is 15.7. The Morgan fingerprint density at radius 2 is 1.38 bits per heavy atom. The number of hydrogen-bond donors (Lipinski definition) is 1. The minimum Gasteiger partial charge on any atom is -0.473 e. The van der Waals surface area contributed by atoms with E-state index < -0.39 is 0 Å². The van der Waals surface area contributed by atoms with E-state index in [1.54, 1.807) is 23.7 Å². The molecule has 0 atom stereocenters. The normalized spacial score (nSPS) is 12.5. The van der Waals surface area contributed by atoms with Crippen molar-refractivity contribution in [2.75, 3.05) is 14.1 Å². The van der Waals surface area contributed by atoms with Crippen LogP contribution >= 0.6 is 0 Å². The van der Waals surface area contributed by atoms with Crippen LogP contribution < -0.4 is 5.32 Å². The maximum atomic E-state index is 4.58. The predicted octanol–water partition coefficient (Wildman–Crippen LogP) is 5.99. The van der Waals surface area contributed by atoms with Gasteiger partial charge in [-0.2, -0.15) is 0 Å². The van der Waals surface area contributed by atoms with Crippen molar-refractivity contribution < 1.29 is 4.42 Å². The molecule has 0 radical (unpaired) electrons. The van der Waals surface area contributed by atoms with Gasteiger partial charge in [0.15, 0.2) is 0 Å². The lowest BCUT2D eigenvalue weighted by atomic mass is 9.86. The van der Waals surface area contributed by atoms with Crippen LogP contribution in [0, 0.1) is 0 Å². The molecule has 0 spiro atoms.